The molecule has 0 spiro atoms. The second-order valence-electron chi connectivity index (χ2n) is 7.08. The summed E-state index contributed by atoms with van der Waals surface area (Å²) in [6.07, 6.45) is 1.22. The van der Waals surface area contributed by atoms with Gasteiger partial charge in [-0.25, -0.2) is 0 Å². The predicted molar refractivity (Wildman–Crippen MR) is 115 cm³/mol. The molecule has 150 valence electrons. The van der Waals surface area contributed by atoms with E-state index in [1.54, 1.807) is 12.1 Å². The first-order valence-corrected chi connectivity index (χ1v) is 9.26. The van der Waals surface area contributed by atoms with E-state index in [0.29, 0.717) is 23.0 Å². The van der Waals surface area contributed by atoms with E-state index in [1.165, 1.54) is 23.3 Å². The number of nitrogens with one attached hydrogen (secondary N) is 2. The summed E-state index contributed by atoms with van der Waals surface area (Å²) in [5.74, 6) is -0.00166. The van der Waals surface area contributed by atoms with Crippen LogP contribution in [-0.2, 0) is 6.42 Å². The molecule has 0 aliphatic rings. The van der Waals surface area contributed by atoms with Crippen LogP contribution in [0, 0.1) is 6.92 Å². The van der Waals surface area contributed by atoms with Crippen molar-refractivity contribution in [3.8, 4) is 5.75 Å². The zero-order chi connectivity index (χ0) is 19.4. The molecule has 2 atom stereocenters. The Hall–Kier alpha value is -2.34. The zero-order valence-electron chi connectivity index (χ0n) is 16.1. The first-order chi connectivity index (χ1) is 13.0. The number of aromatic hydroxyl groups is 1. The largest absolute Gasteiger partial charge is 0.506 e. The van der Waals surface area contributed by atoms with Gasteiger partial charge in [-0.2, -0.15) is 0 Å². The van der Waals surface area contributed by atoms with Crippen LogP contribution in [0.15, 0.2) is 53.3 Å². The van der Waals surface area contributed by atoms with Gasteiger partial charge in [0.1, 0.15) is 5.75 Å². The summed E-state index contributed by atoms with van der Waals surface area (Å²) in [5.41, 5.74) is 3.39. The normalized spacial score (nSPS) is 13.1. The number of rotatable bonds is 7. The number of phenolic OH excluding ortho intramolecular Hbond substituents is 1. The third-order valence-corrected chi connectivity index (χ3v) is 5.03. The van der Waals surface area contributed by atoms with Crippen LogP contribution >= 0.6 is 12.4 Å². The molecule has 4 N–H and O–H groups in total. The standard InChI is InChI=1S/C22H26N2O3.ClH/c1-14-5-3-4-6-16(14)8-7-15(2)23-13-20(26)17-9-11-19(25)22-18(17)10-12-21(27)24-22;/h3-6,9-12,15,20,23,25-26H,7-8,13H2,1-2H3,(H,24,27);1H. The molecule has 5 nitrogen and oxygen atoms in total. The number of fused-ring (bicyclic) bond motifs is 1. The van der Waals surface area contributed by atoms with Crippen LogP contribution in [-0.4, -0.2) is 27.8 Å². The lowest BCUT2D eigenvalue weighted by molar-refractivity contribution is 0.171. The lowest BCUT2D eigenvalue weighted by Crippen LogP contribution is -2.31. The molecule has 1 aromatic heterocycles. The quantitative estimate of drug-likeness (QED) is 0.486. The Morgan fingerprint density at radius 1 is 1.11 bits per heavy atom. The number of aromatic nitrogens is 1. The van der Waals surface area contributed by atoms with Gasteiger partial charge in [0, 0.05) is 24.0 Å². The molecule has 2 unspecified atom stereocenters. The number of aliphatic hydroxyl groups excluding tert-OH is 1. The molecular formula is C22H27ClN2O3. The van der Waals surface area contributed by atoms with Crippen LogP contribution in [0.5, 0.6) is 5.75 Å². The van der Waals surface area contributed by atoms with Crippen molar-refractivity contribution in [2.24, 2.45) is 0 Å². The van der Waals surface area contributed by atoms with Gasteiger partial charge in [0.15, 0.2) is 0 Å². The summed E-state index contributed by atoms with van der Waals surface area (Å²) < 4.78 is 0. The Morgan fingerprint density at radius 2 is 1.86 bits per heavy atom. The van der Waals surface area contributed by atoms with Gasteiger partial charge < -0.3 is 20.5 Å². The minimum Gasteiger partial charge on any atom is -0.506 e. The number of aromatic amines is 1. The summed E-state index contributed by atoms with van der Waals surface area (Å²) in [6.45, 7) is 4.63. The molecule has 3 aromatic rings. The molecule has 2 aromatic carbocycles. The second kappa shape index (κ2) is 9.73. The minimum atomic E-state index is -0.736. The molecule has 3 rings (SSSR count). The molecule has 1 heterocycles. The lowest BCUT2D eigenvalue weighted by atomic mass is 10.0. The molecule has 0 aliphatic carbocycles. The van der Waals surface area contributed by atoms with Gasteiger partial charge in [0.25, 0.3) is 0 Å². The summed E-state index contributed by atoms with van der Waals surface area (Å²) in [6, 6.07) is 14.9. The molecule has 0 saturated carbocycles. The number of H-pyrrole nitrogens is 1. The Morgan fingerprint density at radius 3 is 2.61 bits per heavy atom. The van der Waals surface area contributed by atoms with E-state index >= 15 is 0 Å². The van der Waals surface area contributed by atoms with Crippen LogP contribution in [0.25, 0.3) is 10.9 Å². The number of benzene rings is 2. The van der Waals surface area contributed by atoms with Crippen LogP contribution in [0.3, 0.4) is 0 Å². The van der Waals surface area contributed by atoms with Crippen molar-refractivity contribution < 1.29 is 10.2 Å². The smallest absolute Gasteiger partial charge is 0.248 e. The third kappa shape index (κ3) is 5.13. The van der Waals surface area contributed by atoms with E-state index in [-0.39, 0.29) is 29.8 Å². The molecule has 0 aliphatic heterocycles. The van der Waals surface area contributed by atoms with E-state index in [1.807, 2.05) is 6.07 Å². The van der Waals surface area contributed by atoms with E-state index in [9.17, 15) is 15.0 Å². The fraction of sp³-hybridized carbons (Fsp3) is 0.318. The second-order valence-corrected chi connectivity index (χ2v) is 7.08. The number of aryl methyl sites for hydroxylation is 2. The van der Waals surface area contributed by atoms with Gasteiger partial charge in [-0.3, -0.25) is 4.79 Å². The average Bonchev–Trinajstić information content (AvgIpc) is 2.66. The van der Waals surface area contributed by atoms with Crippen LogP contribution in [0.4, 0.5) is 0 Å². The first kappa shape index (κ1) is 22.0. The van der Waals surface area contributed by atoms with Crippen molar-refractivity contribution in [1.82, 2.24) is 10.3 Å². The Balaban J connectivity index is 0.00000280. The maximum absolute atomic E-state index is 11.5. The molecule has 0 saturated heterocycles. The molecule has 0 bridgehead atoms. The summed E-state index contributed by atoms with van der Waals surface area (Å²) in [4.78, 5) is 14.1. The van der Waals surface area contributed by atoms with Crippen LogP contribution < -0.4 is 10.9 Å². The van der Waals surface area contributed by atoms with Crippen molar-refractivity contribution in [1.29, 1.82) is 0 Å². The number of halogens is 1. The molecule has 6 heteroatoms. The molecular weight excluding hydrogens is 376 g/mol. The van der Waals surface area contributed by atoms with Crippen molar-refractivity contribution in [2.45, 2.75) is 38.8 Å². The van der Waals surface area contributed by atoms with Crippen LogP contribution in [0.2, 0.25) is 0 Å². The highest BCUT2D eigenvalue weighted by atomic mass is 35.5. The number of phenols is 1. The van der Waals surface area contributed by atoms with Crippen molar-refractivity contribution in [2.75, 3.05) is 6.54 Å². The number of hydrogen-bond donors (Lipinski definition) is 4. The first-order valence-electron chi connectivity index (χ1n) is 9.26. The van der Waals surface area contributed by atoms with Gasteiger partial charge in [-0.1, -0.05) is 30.3 Å². The monoisotopic (exact) mass is 402 g/mol. The molecule has 28 heavy (non-hydrogen) atoms. The SMILES string of the molecule is Cc1ccccc1CCC(C)NCC(O)c1ccc(O)c2[nH]c(=O)ccc12.Cl. The average molecular weight is 403 g/mol. The number of hydrogen-bond acceptors (Lipinski definition) is 4. The van der Waals surface area contributed by atoms with Gasteiger partial charge in [0.05, 0.1) is 11.6 Å². The molecule has 0 radical (unpaired) electrons. The van der Waals surface area contributed by atoms with Gasteiger partial charge in [-0.15, -0.1) is 12.4 Å². The summed E-state index contributed by atoms with van der Waals surface area (Å²) >= 11 is 0. The van der Waals surface area contributed by atoms with E-state index in [0.717, 1.165) is 12.8 Å². The Bertz CT molecular complexity index is 987. The highest BCUT2D eigenvalue weighted by molar-refractivity contribution is 5.87. The van der Waals surface area contributed by atoms with E-state index in [2.05, 4.69) is 42.3 Å². The fourth-order valence-corrected chi connectivity index (χ4v) is 3.34. The van der Waals surface area contributed by atoms with Crippen molar-refractivity contribution >= 4 is 23.3 Å². The predicted octanol–water partition coefficient (Wildman–Crippen LogP) is 3.61. The summed E-state index contributed by atoms with van der Waals surface area (Å²) in [7, 11) is 0. The van der Waals surface area contributed by atoms with Crippen molar-refractivity contribution in [3.63, 3.8) is 0 Å². The maximum atomic E-state index is 11.5. The van der Waals surface area contributed by atoms with E-state index < -0.39 is 6.10 Å². The summed E-state index contributed by atoms with van der Waals surface area (Å²) in [5, 5.41) is 24.6. The number of aliphatic hydroxyl groups is 1. The highest BCUT2D eigenvalue weighted by Gasteiger charge is 2.15. The maximum Gasteiger partial charge on any atom is 0.248 e. The van der Waals surface area contributed by atoms with E-state index in [4.69, 9.17) is 0 Å². The molecule has 0 amide bonds. The number of pyridine rings is 1. The van der Waals surface area contributed by atoms with Gasteiger partial charge in [-0.05, 0) is 55.5 Å². The highest BCUT2D eigenvalue weighted by Crippen LogP contribution is 2.28. The van der Waals surface area contributed by atoms with Gasteiger partial charge in [0.2, 0.25) is 5.56 Å². The van der Waals surface area contributed by atoms with Crippen molar-refractivity contribution in [3.05, 3.63) is 75.6 Å². The van der Waals surface area contributed by atoms with Crippen LogP contribution in [0.1, 0.15) is 36.1 Å². The minimum absolute atomic E-state index is 0. The fourth-order valence-electron chi connectivity index (χ4n) is 3.34. The Kier molecular flexibility index (Phi) is 7.63. The topological polar surface area (TPSA) is 85.3 Å². The Labute approximate surface area is 170 Å². The molecule has 0 fully saturated rings. The van der Waals surface area contributed by atoms with Gasteiger partial charge >= 0.3 is 0 Å². The zero-order valence-corrected chi connectivity index (χ0v) is 16.9. The third-order valence-electron chi connectivity index (χ3n) is 5.03. The lowest BCUT2D eigenvalue weighted by Gasteiger charge is -2.19.